The van der Waals surface area contributed by atoms with Crippen LogP contribution in [0.15, 0.2) is 52.4 Å². The fourth-order valence-electron chi connectivity index (χ4n) is 2.76. The molecule has 0 unspecified atom stereocenters. The van der Waals surface area contributed by atoms with Crippen LogP contribution in [0.2, 0.25) is 0 Å². The number of aliphatic imine (C=N–C) groups is 1. The standard InChI is InChI=1S/C22H21FN2O5S/c1-4-25-20(26)19(31-22(25)24-16-8-6-15(23)7-9-16)12-14-5-10-17(18(11-14)29-3)30-13(2)21(27)28/h5-13H,4H2,1-3H3,(H,27,28)/b19-12-,24-22?/t13-/m0/s1. The third-order valence-corrected chi connectivity index (χ3v) is 5.40. The molecule has 1 atom stereocenters. The van der Waals surface area contributed by atoms with Gasteiger partial charge in [-0.25, -0.2) is 14.2 Å². The Morgan fingerprint density at radius 3 is 2.58 bits per heavy atom. The molecule has 1 fully saturated rings. The molecule has 2 aromatic carbocycles. The Hall–Kier alpha value is -3.33. The average Bonchev–Trinajstić information content (AvgIpc) is 3.04. The molecule has 9 heteroatoms. The van der Waals surface area contributed by atoms with Gasteiger partial charge in [0.2, 0.25) is 0 Å². The van der Waals surface area contributed by atoms with Gasteiger partial charge in [-0.3, -0.25) is 9.69 Å². The Morgan fingerprint density at radius 2 is 1.97 bits per heavy atom. The summed E-state index contributed by atoms with van der Waals surface area (Å²) < 4.78 is 23.8. The fourth-order valence-corrected chi connectivity index (χ4v) is 3.82. The molecule has 1 amide bonds. The number of hydrogen-bond acceptors (Lipinski definition) is 6. The molecule has 1 aliphatic rings. The number of amides is 1. The number of nitrogens with zero attached hydrogens (tertiary/aromatic N) is 2. The molecule has 0 aromatic heterocycles. The Balaban J connectivity index is 1.88. The maximum Gasteiger partial charge on any atom is 0.344 e. The maximum absolute atomic E-state index is 13.1. The molecule has 1 aliphatic heterocycles. The Morgan fingerprint density at radius 1 is 1.26 bits per heavy atom. The zero-order valence-electron chi connectivity index (χ0n) is 17.2. The second kappa shape index (κ2) is 9.65. The predicted octanol–water partition coefficient (Wildman–Crippen LogP) is 4.31. The van der Waals surface area contributed by atoms with Gasteiger partial charge in [-0.05, 0) is 73.6 Å². The van der Waals surface area contributed by atoms with E-state index in [1.54, 1.807) is 41.3 Å². The van der Waals surface area contributed by atoms with E-state index in [-0.39, 0.29) is 11.7 Å². The Labute approximate surface area is 183 Å². The van der Waals surface area contributed by atoms with Crippen LogP contribution in [0.3, 0.4) is 0 Å². The van der Waals surface area contributed by atoms with Crippen molar-refractivity contribution in [2.24, 2.45) is 4.99 Å². The van der Waals surface area contributed by atoms with Crippen molar-refractivity contribution in [3.8, 4) is 11.5 Å². The summed E-state index contributed by atoms with van der Waals surface area (Å²) in [6.07, 6.45) is 0.670. The normalized spacial score (nSPS) is 17.3. The van der Waals surface area contributed by atoms with Crippen molar-refractivity contribution in [3.05, 3.63) is 58.8 Å². The number of likely N-dealkylation sites (N-methyl/N-ethyl adjacent to an activating group) is 1. The Kier molecular flexibility index (Phi) is 6.96. The van der Waals surface area contributed by atoms with Crippen LogP contribution < -0.4 is 9.47 Å². The minimum Gasteiger partial charge on any atom is -0.493 e. The third kappa shape index (κ3) is 5.24. The van der Waals surface area contributed by atoms with Gasteiger partial charge in [0.05, 0.1) is 17.7 Å². The van der Waals surface area contributed by atoms with Crippen molar-refractivity contribution in [2.75, 3.05) is 13.7 Å². The van der Waals surface area contributed by atoms with Crippen molar-refractivity contribution in [1.29, 1.82) is 0 Å². The summed E-state index contributed by atoms with van der Waals surface area (Å²) in [6.45, 7) is 3.71. The third-order valence-electron chi connectivity index (χ3n) is 4.39. The van der Waals surface area contributed by atoms with Gasteiger partial charge in [0.25, 0.3) is 5.91 Å². The van der Waals surface area contributed by atoms with Gasteiger partial charge in [0.1, 0.15) is 5.82 Å². The number of carbonyl (C=O) groups excluding carboxylic acids is 1. The molecule has 3 rings (SSSR count). The monoisotopic (exact) mass is 444 g/mol. The molecule has 2 aromatic rings. The van der Waals surface area contributed by atoms with Crippen LogP contribution in [0.5, 0.6) is 11.5 Å². The molecule has 0 bridgehead atoms. The van der Waals surface area contributed by atoms with Gasteiger partial charge >= 0.3 is 5.97 Å². The Bertz CT molecular complexity index is 1050. The number of rotatable bonds is 7. The van der Waals surface area contributed by atoms with Crippen molar-refractivity contribution < 1.29 is 28.6 Å². The number of benzene rings is 2. The number of carboxylic acid groups (broad SMARTS) is 1. The molecule has 0 radical (unpaired) electrons. The smallest absolute Gasteiger partial charge is 0.344 e. The first-order valence-corrected chi connectivity index (χ1v) is 10.3. The molecular weight excluding hydrogens is 423 g/mol. The quantitative estimate of drug-likeness (QED) is 0.641. The minimum absolute atomic E-state index is 0.188. The number of methoxy groups -OCH3 is 1. The fraction of sp³-hybridized carbons (Fsp3) is 0.227. The molecule has 1 heterocycles. The van der Waals surface area contributed by atoms with E-state index in [2.05, 4.69) is 4.99 Å². The number of carboxylic acids is 1. The number of ether oxygens (including phenoxy) is 2. The molecule has 7 nitrogen and oxygen atoms in total. The highest BCUT2D eigenvalue weighted by atomic mass is 32.2. The van der Waals surface area contributed by atoms with Gasteiger partial charge in [0.15, 0.2) is 22.8 Å². The number of halogens is 1. The zero-order valence-corrected chi connectivity index (χ0v) is 18.0. The molecule has 1 saturated heterocycles. The van der Waals surface area contributed by atoms with E-state index in [0.29, 0.717) is 39.4 Å². The van der Waals surface area contributed by atoms with E-state index in [1.165, 1.54) is 37.9 Å². The first-order valence-electron chi connectivity index (χ1n) is 9.45. The summed E-state index contributed by atoms with van der Waals surface area (Å²) >= 11 is 1.22. The van der Waals surface area contributed by atoms with Gasteiger partial charge in [-0.2, -0.15) is 0 Å². The lowest BCUT2D eigenvalue weighted by atomic mass is 10.2. The van der Waals surface area contributed by atoms with E-state index < -0.39 is 12.1 Å². The van der Waals surface area contributed by atoms with E-state index in [4.69, 9.17) is 14.6 Å². The van der Waals surface area contributed by atoms with Crippen molar-refractivity contribution in [3.63, 3.8) is 0 Å². The van der Waals surface area contributed by atoms with E-state index in [9.17, 15) is 14.0 Å². The van der Waals surface area contributed by atoms with Gasteiger partial charge < -0.3 is 14.6 Å². The number of aliphatic carboxylic acids is 1. The van der Waals surface area contributed by atoms with Crippen LogP contribution in [0.25, 0.3) is 6.08 Å². The van der Waals surface area contributed by atoms with Crippen LogP contribution in [0.4, 0.5) is 10.1 Å². The number of amidine groups is 1. The molecule has 0 spiro atoms. The van der Waals surface area contributed by atoms with Crippen molar-refractivity contribution >= 4 is 40.6 Å². The van der Waals surface area contributed by atoms with Crippen molar-refractivity contribution in [2.45, 2.75) is 20.0 Å². The lowest BCUT2D eigenvalue weighted by Crippen LogP contribution is -2.28. The van der Waals surface area contributed by atoms with Crippen LogP contribution in [0, 0.1) is 5.82 Å². The number of carbonyl (C=O) groups is 2. The minimum atomic E-state index is -1.09. The summed E-state index contributed by atoms with van der Waals surface area (Å²) in [6, 6.07) is 10.7. The highest BCUT2D eigenvalue weighted by Gasteiger charge is 2.32. The van der Waals surface area contributed by atoms with Crippen LogP contribution in [-0.2, 0) is 9.59 Å². The van der Waals surface area contributed by atoms with E-state index >= 15 is 0 Å². The summed E-state index contributed by atoms with van der Waals surface area (Å²) in [5, 5.41) is 9.53. The highest BCUT2D eigenvalue weighted by Crippen LogP contribution is 2.36. The van der Waals surface area contributed by atoms with Crippen LogP contribution in [0.1, 0.15) is 19.4 Å². The summed E-state index contributed by atoms with van der Waals surface area (Å²) in [5.74, 6) is -0.990. The summed E-state index contributed by atoms with van der Waals surface area (Å²) in [7, 11) is 1.45. The number of hydrogen-bond donors (Lipinski definition) is 1. The lowest BCUT2D eigenvalue weighted by Gasteiger charge is -2.14. The molecule has 0 saturated carbocycles. The molecule has 162 valence electrons. The van der Waals surface area contributed by atoms with E-state index in [0.717, 1.165) is 0 Å². The van der Waals surface area contributed by atoms with Gasteiger partial charge in [-0.15, -0.1) is 0 Å². The van der Waals surface area contributed by atoms with Crippen LogP contribution in [-0.4, -0.2) is 46.8 Å². The van der Waals surface area contributed by atoms with Gasteiger partial charge in [-0.1, -0.05) is 6.07 Å². The average molecular weight is 444 g/mol. The highest BCUT2D eigenvalue weighted by molar-refractivity contribution is 8.18. The molecular formula is C22H21FN2O5S. The lowest BCUT2D eigenvalue weighted by molar-refractivity contribution is -0.144. The zero-order chi connectivity index (χ0) is 22.5. The van der Waals surface area contributed by atoms with E-state index in [1.807, 2.05) is 6.92 Å². The molecule has 0 aliphatic carbocycles. The predicted molar refractivity (Wildman–Crippen MR) is 117 cm³/mol. The topological polar surface area (TPSA) is 88.4 Å². The number of thioether (sulfide) groups is 1. The SMILES string of the molecule is CCN1C(=O)/C(=C/c2ccc(O[C@@H](C)C(=O)O)c(OC)c2)SC1=Nc1ccc(F)cc1. The van der Waals surface area contributed by atoms with Gasteiger partial charge in [0, 0.05) is 6.54 Å². The second-order valence-corrected chi connectivity index (χ2v) is 7.55. The van der Waals surface area contributed by atoms with Crippen LogP contribution >= 0.6 is 11.8 Å². The molecule has 1 N–H and O–H groups in total. The largest absolute Gasteiger partial charge is 0.493 e. The first kappa shape index (κ1) is 22.4. The molecule has 31 heavy (non-hydrogen) atoms. The summed E-state index contributed by atoms with van der Waals surface area (Å²) in [5.41, 5.74) is 1.23. The van der Waals surface area contributed by atoms with Crippen molar-refractivity contribution in [1.82, 2.24) is 4.90 Å². The summed E-state index contributed by atoms with van der Waals surface area (Å²) in [4.78, 5) is 30.3. The maximum atomic E-state index is 13.1. The second-order valence-electron chi connectivity index (χ2n) is 6.54. The first-order chi connectivity index (χ1) is 14.8.